The van der Waals surface area contributed by atoms with E-state index in [1.807, 2.05) is 17.5 Å². The van der Waals surface area contributed by atoms with E-state index >= 15 is 0 Å². The van der Waals surface area contributed by atoms with E-state index in [9.17, 15) is 5.11 Å². The lowest BCUT2D eigenvalue weighted by Crippen LogP contribution is -2.28. The first-order valence-corrected chi connectivity index (χ1v) is 6.76. The fraction of sp³-hybridized carbons (Fsp3) is 0.500. The molecule has 1 fully saturated rings. The van der Waals surface area contributed by atoms with Crippen molar-refractivity contribution in [3.8, 4) is 10.7 Å². The van der Waals surface area contributed by atoms with Crippen molar-refractivity contribution in [2.24, 2.45) is 0 Å². The minimum Gasteiger partial charge on any atom is -0.380 e. The molecule has 0 radical (unpaired) electrons. The molecule has 17 heavy (non-hydrogen) atoms. The summed E-state index contributed by atoms with van der Waals surface area (Å²) in [5.74, 6) is 0.953. The highest BCUT2D eigenvalue weighted by Gasteiger charge is 2.37. The molecule has 2 aromatic rings. The van der Waals surface area contributed by atoms with Gasteiger partial charge in [-0.05, 0) is 24.3 Å². The zero-order chi connectivity index (χ0) is 11.7. The van der Waals surface area contributed by atoms with Gasteiger partial charge in [-0.3, -0.25) is 0 Å². The van der Waals surface area contributed by atoms with Gasteiger partial charge in [-0.2, -0.15) is 4.98 Å². The summed E-state index contributed by atoms with van der Waals surface area (Å²) >= 11 is 1.57. The second-order valence-electron chi connectivity index (χ2n) is 4.49. The lowest BCUT2D eigenvalue weighted by Gasteiger charge is -2.27. The number of aliphatic hydroxyl groups is 1. The Hall–Kier alpha value is -1.20. The van der Waals surface area contributed by atoms with Crippen LogP contribution in [-0.4, -0.2) is 15.2 Å². The monoisotopic (exact) mass is 250 g/mol. The third-order valence-corrected chi connectivity index (χ3v) is 4.11. The molecule has 0 aromatic carbocycles. The minimum absolute atomic E-state index is 0.376. The fourth-order valence-electron chi connectivity index (χ4n) is 2.27. The SMILES string of the molecule is OC1(c2nc(-c3cccs3)no2)CCCCC1. The third-order valence-electron chi connectivity index (χ3n) is 3.25. The van der Waals surface area contributed by atoms with E-state index < -0.39 is 5.60 Å². The van der Waals surface area contributed by atoms with Crippen molar-refractivity contribution in [3.63, 3.8) is 0 Å². The van der Waals surface area contributed by atoms with Gasteiger partial charge in [-0.15, -0.1) is 11.3 Å². The second kappa shape index (κ2) is 4.23. The first kappa shape index (κ1) is 10.9. The Labute approximate surface area is 103 Å². The quantitative estimate of drug-likeness (QED) is 0.890. The molecule has 0 bridgehead atoms. The summed E-state index contributed by atoms with van der Waals surface area (Å²) in [6.45, 7) is 0. The van der Waals surface area contributed by atoms with Crippen molar-refractivity contribution >= 4 is 11.3 Å². The van der Waals surface area contributed by atoms with Crippen LogP contribution in [0.25, 0.3) is 10.7 Å². The highest BCUT2D eigenvalue weighted by atomic mass is 32.1. The Morgan fingerprint density at radius 3 is 2.82 bits per heavy atom. The number of rotatable bonds is 2. The molecule has 1 saturated carbocycles. The van der Waals surface area contributed by atoms with Crippen molar-refractivity contribution < 1.29 is 9.63 Å². The Morgan fingerprint density at radius 2 is 2.12 bits per heavy atom. The summed E-state index contributed by atoms with van der Waals surface area (Å²) in [6.07, 6.45) is 4.66. The maximum Gasteiger partial charge on any atom is 0.258 e. The molecule has 0 saturated heterocycles. The third kappa shape index (κ3) is 2.00. The van der Waals surface area contributed by atoms with Crippen molar-refractivity contribution in [3.05, 3.63) is 23.4 Å². The molecule has 1 aliphatic rings. The molecule has 1 N–H and O–H groups in total. The normalized spacial score (nSPS) is 19.4. The van der Waals surface area contributed by atoms with Gasteiger partial charge in [0.05, 0.1) is 4.88 Å². The lowest BCUT2D eigenvalue weighted by molar-refractivity contribution is -0.0287. The van der Waals surface area contributed by atoms with Crippen LogP contribution in [0.1, 0.15) is 38.0 Å². The van der Waals surface area contributed by atoms with E-state index in [0.29, 0.717) is 11.7 Å². The number of thiophene rings is 1. The lowest BCUT2D eigenvalue weighted by atomic mass is 9.85. The molecule has 90 valence electrons. The van der Waals surface area contributed by atoms with Gasteiger partial charge in [0.25, 0.3) is 5.89 Å². The molecule has 0 spiro atoms. The van der Waals surface area contributed by atoms with Gasteiger partial charge in [0.2, 0.25) is 5.82 Å². The van der Waals surface area contributed by atoms with Crippen molar-refractivity contribution in [2.75, 3.05) is 0 Å². The van der Waals surface area contributed by atoms with Crippen LogP contribution >= 0.6 is 11.3 Å². The zero-order valence-corrected chi connectivity index (χ0v) is 10.2. The first-order chi connectivity index (χ1) is 8.28. The Bertz CT molecular complexity index is 486. The van der Waals surface area contributed by atoms with E-state index in [1.165, 1.54) is 6.42 Å². The van der Waals surface area contributed by atoms with Gasteiger partial charge in [0, 0.05) is 0 Å². The highest BCUT2D eigenvalue weighted by molar-refractivity contribution is 7.13. The summed E-state index contributed by atoms with van der Waals surface area (Å²) < 4.78 is 5.23. The molecule has 0 aliphatic heterocycles. The standard InChI is InChI=1S/C12H14N2O2S/c15-12(6-2-1-3-7-12)11-13-10(14-16-11)9-5-4-8-17-9/h4-5,8,15H,1-3,6-7H2. The molecular formula is C12H14N2O2S. The molecule has 5 heteroatoms. The van der Waals surface area contributed by atoms with Gasteiger partial charge >= 0.3 is 0 Å². The minimum atomic E-state index is -0.902. The maximum atomic E-state index is 10.5. The molecule has 2 heterocycles. The highest BCUT2D eigenvalue weighted by Crippen LogP contribution is 2.36. The van der Waals surface area contributed by atoms with Crippen LogP contribution in [0.2, 0.25) is 0 Å². The van der Waals surface area contributed by atoms with Crippen LogP contribution in [-0.2, 0) is 5.60 Å². The second-order valence-corrected chi connectivity index (χ2v) is 5.44. The van der Waals surface area contributed by atoms with Crippen LogP contribution in [0.5, 0.6) is 0 Å². The van der Waals surface area contributed by atoms with Gasteiger partial charge in [0.1, 0.15) is 5.60 Å². The van der Waals surface area contributed by atoms with E-state index in [2.05, 4.69) is 10.1 Å². The molecule has 0 unspecified atom stereocenters. The van der Waals surface area contributed by atoms with Crippen LogP contribution in [0, 0.1) is 0 Å². The van der Waals surface area contributed by atoms with Gasteiger partial charge in [-0.1, -0.05) is 30.5 Å². The van der Waals surface area contributed by atoms with Gasteiger partial charge < -0.3 is 9.63 Å². The predicted molar refractivity (Wildman–Crippen MR) is 64.6 cm³/mol. The van der Waals surface area contributed by atoms with Crippen molar-refractivity contribution in [1.82, 2.24) is 10.1 Å². The smallest absolute Gasteiger partial charge is 0.258 e. The van der Waals surface area contributed by atoms with E-state index in [-0.39, 0.29) is 0 Å². The molecule has 3 rings (SSSR count). The molecule has 1 aliphatic carbocycles. The van der Waals surface area contributed by atoms with E-state index in [0.717, 1.165) is 30.6 Å². The average Bonchev–Trinajstić information content (AvgIpc) is 3.01. The summed E-state index contributed by atoms with van der Waals surface area (Å²) in [4.78, 5) is 5.30. The topological polar surface area (TPSA) is 59.2 Å². The maximum absolute atomic E-state index is 10.5. The van der Waals surface area contributed by atoms with Crippen LogP contribution in [0.3, 0.4) is 0 Å². The fourth-order valence-corrected chi connectivity index (χ4v) is 2.92. The van der Waals surface area contributed by atoms with Crippen LogP contribution in [0.4, 0.5) is 0 Å². The Balaban J connectivity index is 1.89. The van der Waals surface area contributed by atoms with Gasteiger partial charge in [0.15, 0.2) is 0 Å². The van der Waals surface area contributed by atoms with E-state index in [4.69, 9.17) is 4.52 Å². The van der Waals surface area contributed by atoms with Crippen molar-refractivity contribution in [2.45, 2.75) is 37.7 Å². The molecule has 2 aromatic heterocycles. The average molecular weight is 250 g/mol. The van der Waals surface area contributed by atoms with Gasteiger partial charge in [-0.25, -0.2) is 0 Å². The zero-order valence-electron chi connectivity index (χ0n) is 9.43. The van der Waals surface area contributed by atoms with Crippen LogP contribution < -0.4 is 0 Å². The molecule has 0 amide bonds. The summed E-state index contributed by atoms with van der Waals surface area (Å²) in [5, 5.41) is 16.4. The van der Waals surface area contributed by atoms with E-state index in [1.54, 1.807) is 11.3 Å². The summed E-state index contributed by atoms with van der Waals surface area (Å²) in [6, 6.07) is 3.90. The number of hydrogen-bond donors (Lipinski definition) is 1. The number of aromatic nitrogens is 2. The number of nitrogens with zero attached hydrogens (tertiary/aromatic N) is 2. The first-order valence-electron chi connectivity index (χ1n) is 5.88. The molecular weight excluding hydrogens is 236 g/mol. The summed E-state index contributed by atoms with van der Waals surface area (Å²) in [5.41, 5.74) is -0.902. The molecule has 4 nitrogen and oxygen atoms in total. The number of hydrogen-bond acceptors (Lipinski definition) is 5. The van der Waals surface area contributed by atoms with Crippen molar-refractivity contribution in [1.29, 1.82) is 0 Å². The molecule has 0 atom stereocenters. The predicted octanol–water partition coefficient (Wildman–Crippen LogP) is 2.95. The summed E-state index contributed by atoms with van der Waals surface area (Å²) in [7, 11) is 0. The Morgan fingerprint density at radius 1 is 1.29 bits per heavy atom. The largest absolute Gasteiger partial charge is 0.380 e. The Kier molecular flexibility index (Phi) is 2.72. The van der Waals surface area contributed by atoms with Crippen LogP contribution in [0.15, 0.2) is 22.0 Å².